The van der Waals surface area contributed by atoms with Crippen LogP contribution in [0, 0.1) is 28.9 Å². The van der Waals surface area contributed by atoms with Crippen molar-refractivity contribution >= 4 is 38.5 Å². The topological polar surface area (TPSA) is 104 Å². The number of hydrogen-bond acceptors (Lipinski definition) is 7. The van der Waals surface area contributed by atoms with Crippen LogP contribution in [0.5, 0.6) is 5.88 Å². The molecule has 4 aliphatic rings. The summed E-state index contributed by atoms with van der Waals surface area (Å²) in [6.07, 6.45) is 5.26. The fraction of sp³-hybridized carbons (Fsp3) is 0.381. The highest BCUT2D eigenvalue weighted by Crippen LogP contribution is 2.51. The molecule has 0 unspecified atom stereocenters. The number of nitriles is 1. The lowest BCUT2D eigenvalue weighted by atomic mass is 9.79. The number of aryl methyl sites for hydroxylation is 2. The summed E-state index contributed by atoms with van der Waals surface area (Å²) < 4.78 is 43.1. The molecule has 10 nitrogen and oxygen atoms in total. The molecule has 1 amide bonds. The third kappa shape index (κ3) is 5.35. The summed E-state index contributed by atoms with van der Waals surface area (Å²) in [5.41, 5.74) is 4.30. The van der Waals surface area contributed by atoms with Crippen molar-refractivity contribution in [3.05, 3.63) is 77.6 Å². The molecular weight excluding hydrogens is 687 g/mol. The first-order valence-electron chi connectivity index (χ1n) is 18.7. The van der Waals surface area contributed by atoms with E-state index in [1.165, 1.54) is 12.1 Å². The van der Waals surface area contributed by atoms with Gasteiger partial charge in [-0.1, -0.05) is 24.3 Å². The van der Waals surface area contributed by atoms with Crippen LogP contribution < -0.4 is 10.1 Å². The van der Waals surface area contributed by atoms with Gasteiger partial charge < -0.3 is 24.4 Å². The number of ether oxygens (including phenoxy) is 1. The SMILES string of the molecule is CN(C)C(=O)c1c(-c2cc3c(OC[C@@H]4CCCN4C)nc4c(F)c(-c5cccc6ccc(F)cc56)c(CCC#N)cc4c3n2[C@H]2[C@H]3CN[C@@H]2C3)cnn1C. The molecule has 1 aliphatic carbocycles. The number of aromatic nitrogens is 4. The molecule has 6 aromatic rings. The number of hydrogen-bond donors (Lipinski definition) is 1. The maximum Gasteiger partial charge on any atom is 0.272 e. The van der Waals surface area contributed by atoms with E-state index >= 15 is 4.39 Å². The van der Waals surface area contributed by atoms with Crippen molar-refractivity contribution in [2.75, 3.05) is 40.8 Å². The Morgan fingerprint density at radius 2 is 1.94 bits per heavy atom. The van der Waals surface area contributed by atoms with E-state index in [4.69, 9.17) is 9.72 Å². The van der Waals surface area contributed by atoms with Crippen LogP contribution in [0.25, 0.3) is 55.0 Å². The van der Waals surface area contributed by atoms with E-state index < -0.39 is 11.6 Å². The van der Waals surface area contributed by atoms with Gasteiger partial charge in [-0.05, 0) is 91.4 Å². The van der Waals surface area contributed by atoms with Crippen LogP contribution in [0.2, 0.25) is 0 Å². The summed E-state index contributed by atoms with van der Waals surface area (Å²) >= 11 is 0. The molecular formula is C42H42F2N8O2. The van der Waals surface area contributed by atoms with E-state index in [1.54, 1.807) is 49.1 Å². The predicted octanol–water partition coefficient (Wildman–Crippen LogP) is 6.85. The number of fused-ring (bicyclic) bond motifs is 5. The number of likely N-dealkylation sites (N-methyl/N-ethyl adjacent to an activating group) is 1. The van der Waals surface area contributed by atoms with Crippen LogP contribution in [0.4, 0.5) is 8.78 Å². The molecule has 3 aromatic carbocycles. The lowest BCUT2D eigenvalue weighted by Gasteiger charge is -2.38. The second-order valence-electron chi connectivity index (χ2n) is 15.3. The van der Waals surface area contributed by atoms with Gasteiger partial charge in [0.2, 0.25) is 5.88 Å². The third-order valence-electron chi connectivity index (χ3n) is 12.0. The highest BCUT2D eigenvalue weighted by Gasteiger charge is 2.49. The van der Waals surface area contributed by atoms with E-state index in [9.17, 15) is 14.4 Å². The fourth-order valence-electron chi connectivity index (χ4n) is 9.17. The molecule has 3 aliphatic heterocycles. The van der Waals surface area contributed by atoms with E-state index in [0.29, 0.717) is 57.1 Å². The van der Waals surface area contributed by atoms with Gasteiger partial charge in [-0.15, -0.1) is 0 Å². The zero-order valence-electron chi connectivity index (χ0n) is 30.9. The molecule has 4 fully saturated rings. The molecule has 3 aromatic heterocycles. The van der Waals surface area contributed by atoms with Crippen molar-refractivity contribution in [1.82, 2.24) is 34.4 Å². The number of benzene rings is 3. The first kappa shape index (κ1) is 34.4. The molecule has 0 radical (unpaired) electrons. The number of nitrogens with zero attached hydrogens (tertiary/aromatic N) is 7. The molecule has 54 heavy (non-hydrogen) atoms. The van der Waals surface area contributed by atoms with E-state index in [1.807, 2.05) is 24.3 Å². The Hall–Kier alpha value is -5.38. The van der Waals surface area contributed by atoms with Crippen molar-refractivity contribution in [3.63, 3.8) is 0 Å². The summed E-state index contributed by atoms with van der Waals surface area (Å²) in [5.74, 6) is -0.488. The highest BCUT2D eigenvalue weighted by atomic mass is 19.1. The highest BCUT2D eigenvalue weighted by molar-refractivity contribution is 6.12. The van der Waals surface area contributed by atoms with Crippen LogP contribution in [0.3, 0.4) is 0 Å². The summed E-state index contributed by atoms with van der Waals surface area (Å²) in [4.78, 5) is 22.5. The molecule has 1 N–H and O–H groups in total. The van der Waals surface area contributed by atoms with Gasteiger partial charge in [-0.2, -0.15) is 10.4 Å². The standard InChI is InChI=1S/C42H42F2N8O2/c1-49(2)42(53)40-32(21-47-51(40)4)34-19-31-39(52(34)38-25-17-33(38)46-20-25)30-16-24(9-6-14-45)35(28-11-5-8-23-12-13-26(43)18-29(23)28)36(44)37(30)48-41(31)54-22-27-10-7-15-50(27)3/h5,8,11-13,16,18-19,21,25,27,33,38,46H,6-7,9-10,15,17,20,22H2,1-4H3/t25-,27+,33-,38+/m1/s1. The zero-order valence-corrected chi connectivity index (χ0v) is 30.9. The van der Waals surface area contributed by atoms with Gasteiger partial charge in [0.05, 0.1) is 34.9 Å². The van der Waals surface area contributed by atoms with Crippen LogP contribution in [-0.4, -0.2) is 88.0 Å². The number of amides is 1. The number of carbonyl (C=O) groups excluding carboxylic acids is 1. The van der Waals surface area contributed by atoms with Crippen LogP contribution >= 0.6 is 0 Å². The maximum absolute atomic E-state index is 17.8. The Bertz CT molecular complexity index is 2520. The van der Waals surface area contributed by atoms with E-state index in [-0.39, 0.29) is 42.4 Å². The number of pyridine rings is 1. The number of likely N-dealkylation sites (tertiary alicyclic amines) is 1. The van der Waals surface area contributed by atoms with Crippen LogP contribution in [0.1, 0.15) is 47.8 Å². The second-order valence-corrected chi connectivity index (χ2v) is 15.3. The molecule has 276 valence electrons. The van der Waals surface area contributed by atoms with Gasteiger partial charge in [-0.3, -0.25) is 9.48 Å². The smallest absolute Gasteiger partial charge is 0.272 e. The quantitative estimate of drug-likeness (QED) is 0.174. The van der Waals surface area contributed by atoms with Crippen molar-refractivity contribution in [2.45, 2.75) is 50.2 Å². The molecule has 6 heterocycles. The molecule has 1 saturated carbocycles. The molecule has 0 spiro atoms. The maximum atomic E-state index is 17.8. The van der Waals surface area contributed by atoms with Crippen molar-refractivity contribution in [3.8, 4) is 34.3 Å². The fourth-order valence-corrected chi connectivity index (χ4v) is 9.17. The molecule has 12 heteroatoms. The number of rotatable bonds is 9. The largest absolute Gasteiger partial charge is 0.476 e. The minimum Gasteiger partial charge on any atom is -0.476 e. The normalized spacial score (nSPS) is 20.9. The van der Waals surface area contributed by atoms with Crippen LogP contribution in [-0.2, 0) is 13.5 Å². The van der Waals surface area contributed by atoms with E-state index in [0.717, 1.165) is 54.3 Å². The molecule has 2 bridgehead atoms. The Morgan fingerprint density at radius 3 is 2.67 bits per heavy atom. The lowest BCUT2D eigenvalue weighted by Crippen LogP contribution is -2.39. The zero-order chi connectivity index (χ0) is 37.4. The number of carbonyl (C=O) groups is 1. The first-order chi connectivity index (χ1) is 26.1. The van der Waals surface area contributed by atoms with Gasteiger partial charge in [0.25, 0.3) is 5.91 Å². The van der Waals surface area contributed by atoms with Gasteiger partial charge in [0.1, 0.15) is 23.6 Å². The molecule has 10 rings (SSSR count). The lowest BCUT2D eigenvalue weighted by molar-refractivity contribution is 0.0817. The van der Waals surface area contributed by atoms with Gasteiger partial charge in [0.15, 0.2) is 5.82 Å². The first-order valence-corrected chi connectivity index (χ1v) is 18.7. The summed E-state index contributed by atoms with van der Waals surface area (Å²) in [6.45, 7) is 2.22. The monoisotopic (exact) mass is 728 g/mol. The Morgan fingerprint density at radius 1 is 1.09 bits per heavy atom. The average Bonchev–Trinajstić information content (AvgIpc) is 4.00. The van der Waals surface area contributed by atoms with Gasteiger partial charge >= 0.3 is 0 Å². The van der Waals surface area contributed by atoms with Gasteiger partial charge in [-0.25, -0.2) is 13.8 Å². The number of nitrogens with one attached hydrogen (secondary N) is 1. The van der Waals surface area contributed by atoms with Crippen LogP contribution in [0.15, 0.2) is 54.7 Å². The summed E-state index contributed by atoms with van der Waals surface area (Å²) in [6, 6.07) is 16.7. The Kier molecular flexibility index (Phi) is 8.39. The minimum atomic E-state index is -0.546. The predicted molar refractivity (Wildman–Crippen MR) is 204 cm³/mol. The minimum absolute atomic E-state index is 0.0331. The Balaban J connectivity index is 1.37. The summed E-state index contributed by atoms with van der Waals surface area (Å²) in [7, 11) is 7.30. The second kappa shape index (κ2) is 13.2. The van der Waals surface area contributed by atoms with Gasteiger partial charge in [0, 0.05) is 62.7 Å². The van der Waals surface area contributed by atoms with Crippen molar-refractivity contribution in [1.29, 1.82) is 5.26 Å². The summed E-state index contributed by atoms with van der Waals surface area (Å²) in [5, 5.41) is 20.6. The molecule has 4 atom stereocenters. The van der Waals surface area contributed by atoms with Crippen molar-refractivity contribution in [2.24, 2.45) is 13.0 Å². The molecule has 3 saturated heterocycles. The average molecular weight is 729 g/mol. The number of halogens is 2. The third-order valence-corrected chi connectivity index (χ3v) is 12.0. The van der Waals surface area contributed by atoms with Crippen molar-refractivity contribution < 1.29 is 18.3 Å². The Labute approximate surface area is 311 Å². The van der Waals surface area contributed by atoms with E-state index in [2.05, 4.69) is 33.0 Å².